The minimum atomic E-state index is -0.821. The van der Waals surface area contributed by atoms with Crippen LogP contribution in [0.4, 0.5) is 0 Å². The van der Waals surface area contributed by atoms with Crippen LogP contribution in [0.25, 0.3) is 0 Å². The summed E-state index contributed by atoms with van der Waals surface area (Å²) in [5.41, 5.74) is 2.86. The molecule has 1 fully saturated rings. The fraction of sp³-hybridized carbons (Fsp3) is 0.412. The van der Waals surface area contributed by atoms with Gasteiger partial charge in [-0.1, -0.05) is 0 Å². The van der Waals surface area contributed by atoms with Crippen LogP contribution >= 0.6 is 0 Å². The number of amides is 3. The lowest BCUT2D eigenvalue weighted by Crippen LogP contribution is -2.37. The molecule has 0 atom stereocenters. The summed E-state index contributed by atoms with van der Waals surface area (Å²) in [6.45, 7) is 3.73. The molecule has 0 radical (unpaired) electrons. The number of nitrogens with one attached hydrogen (secondary N) is 2. The first-order valence-electron chi connectivity index (χ1n) is 8.22. The van der Waals surface area contributed by atoms with E-state index in [-0.39, 0.29) is 12.5 Å². The molecule has 25 heavy (non-hydrogen) atoms. The average molecular weight is 346 g/mol. The summed E-state index contributed by atoms with van der Waals surface area (Å²) in [6, 6.07) is 6.89. The summed E-state index contributed by atoms with van der Waals surface area (Å²) in [5, 5.41) is 6.09. The van der Waals surface area contributed by atoms with E-state index in [1.807, 2.05) is 0 Å². The third-order valence-electron chi connectivity index (χ3n) is 3.62. The van der Waals surface area contributed by atoms with Gasteiger partial charge in [0.25, 0.3) is 5.91 Å². The quantitative estimate of drug-likeness (QED) is 0.439. The lowest BCUT2D eigenvalue weighted by molar-refractivity contribution is -0.139. The maximum atomic E-state index is 11.9. The van der Waals surface area contributed by atoms with E-state index in [2.05, 4.69) is 15.8 Å². The maximum Gasteiger partial charge on any atom is 0.329 e. The van der Waals surface area contributed by atoms with Gasteiger partial charge in [-0.25, -0.2) is 5.43 Å². The first kappa shape index (κ1) is 18.4. The van der Waals surface area contributed by atoms with Crippen molar-refractivity contribution in [1.82, 2.24) is 15.6 Å². The lowest BCUT2D eigenvalue weighted by Gasteiger charge is -2.15. The molecular formula is C17H22N4O4. The first-order valence-corrected chi connectivity index (χ1v) is 8.22. The Morgan fingerprint density at radius 3 is 2.48 bits per heavy atom. The molecule has 0 unspecified atom stereocenters. The SMILES string of the molecule is CCNC(=O)C(=O)N/N=C\c1ccc(OCC(=O)N2CCCC2)cc1. The van der Waals surface area contributed by atoms with Gasteiger partial charge in [0.2, 0.25) is 0 Å². The molecule has 1 saturated heterocycles. The third-order valence-corrected chi connectivity index (χ3v) is 3.62. The van der Waals surface area contributed by atoms with E-state index in [4.69, 9.17) is 4.74 Å². The molecule has 134 valence electrons. The maximum absolute atomic E-state index is 11.9. The van der Waals surface area contributed by atoms with Crippen molar-refractivity contribution in [2.75, 3.05) is 26.2 Å². The van der Waals surface area contributed by atoms with Crippen LogP contribution < -0.4 is 15.5 Å². The Kier molecular flexibility index (Phi) is 6.94. The van der Waals surface area contributed by atoms with Gasteiger partial charge in [0.05, 0.1) is 6.21 Å². The number of nitrogens with zero attached hydrogens (tertiary/aromatic N) is 2. The molecule has 1 aliphatic rings. The Morgan fingerprint density at radius 2 is 1.84 bits per heavy atom. The fourth-order valence-corrected chi connectivity index (χ4v) is 2.31. The number of carbonyl (C=O) groups excluding carboxylic acids is 3. The highest BCUT2D eigenvalue weighted by molar-refractivity contribution is 6.35. The standard InChI is InChI=1S/C17H22N4O4/c1-2-18-16(23)17(24)20-19-11-13-5-7-14(8-6-13)25-12-15(22)21-9-3-4-10-21/h5-8,11H,2-4,9-10,12H2,1H3,(H,18,23)(H,20,24)/b19-11-. The molecule has 0 saturated carbocycles. The van der Waals surface area contributed by atoms with Crippen molar-refractivity contribution in [2.45, 2.75) is 19.8 Å². The molecule has 8 nitrogen and oxygen atoms in total. The Labute approximate surface area is 146 Å². The van der Waals surface area contributed by atoms with E-state index in [1.165, 1.54) is 6.21 Å². The molecule has 1 aliphatic heterocycles. The van der Waals surface area contributed by atoms with Crippen molar-refractivity contribution in [3.63, 3.8) is 0 Å². The van der Waals surface area contributed by atoms with Crippen LogP contribution in [0.3, 0.4) is 0 Å². The van der Waals surface area contributed by atoms with Gasteiger partial charge in [-0.3, -0.25) is 14.4 Å². The second-order valence-electron chi connectivity index (χ2n) is 5.50. The van der Waals surface area contributed by atoms with Crippen molar-refractivity contribution in [1.29, 1.82) is 0 Å². The highest BCUT2D eigenvalue weighted by Crippen LogP contribution is 2.12. The molecule has 0 aromatic heterocycles. The molecule has 0 spiro atoms. The molecule has 1 aromatic carbocycles. The predicted molar refractivity (Wildman–Crippen MR) is 92.2 cm³/mol. The number of hydrogen-bond donors (Lipinski definition) is 2. The zero-order chi connectivity index (χ0) is 18.1. The molecule has 0 aliphatic carbocycles. The van der Waals surface area contributed by atoms with Crippen LogP contribution in [0, 0.1) is 0 Å². The number of hydrazone groups is 1. The predicted octanol–water partition coefficient (Wildman–Crippen LogP) is 0.274. The Bertz CT molecular complexity index is 637. The summed E-state index contributed by atoms with van der Waals surface area (Å²) < 4.78 is 5.48. The van der Waals surface area contributed by atoms with E-state index in [9.17, 15) is 14.4 Å². The Morgan fingerprint density at radius 1 is 1.16 bits per heavy atom. The number of hydrogen-bond acceptors (Lipinski definition) is 5. The van der Waals surface area contributed by atoms with Crippen LogP contribution in [0.2, 0.25) is 0 Å². The van der Waals surface area contributed by atoms with E-state index in [0.29, 0.717) is 12.3 Å². The zero-order valence-electron chi connectivity index (χ0n) is 14.2. The van der Waals surface area contributed by atoms with Crippen LogP contribution in [-0.4, -0.2) is 55.1 Å². The van der Waals surface area contributed by atoms with Crippen LogP contribution in [0.5, 0.6) is 5.75 Å². The molecule has 8 heteroatoms. The lowest BCUT2D eigenvalue weighted by atomic mass is 10.2. The molecule has 0 bridgehead atoms. The van der Waals surface area contributed by atoms with Gasteiger partial charge in [-0.05, 0) is 49.6 Å². The molecule has 2 N–H and O–H groups in total. The molecule has 3 amide bonds. The van der Waals surface area contributed by atoms with Crippen LogP contribution in [0.1, 0.15) is 25.3 Å². The minimum Gasteiger partial charge on any atom is -0.484 e. The number of rotatable bonds is 6. The Balaban J connectivity index is 1.77. The normalized spacial score (nSPS) is 13.7. The van der Waals surface area contributed by atoms with Crippen molar-refractivity contribution < 1.29 is 19.1 Å². The van der Waals surface area contributed by atoms with E-state index < -0.39 is 11.8 Å². The van der Waals surface area contributed by atoms with Crippen LogP contribution in [-0.2, 0) is 14.4 Å². The third kappa shape index (κ3) is 5.91. The fourth-order valence-electron chi connectivity index (χ4n) is 2.31. The molecular weight excluding hydrogens is 324 g/mol. The largest absolute Gasteiger partial charge is 0.484 e. The van der Waals surface area contributed by atoms with Crippen molar-refractivity contribution in [3.05, 3.63) is 29.8 Å². The summed E-state index contributed by atoms with van der Waals surface area (Å²) in [7, 11) is 0. The number of likely N-dealkylation sites (tertiary alicyclic amines) is 1. The highest BCUT2D eigenvalue weighted by atomic mass is 16.5. The summed E-state index contributed by atoms with van der Waals surface area (Å²) in [5.74, 6) is -0.975. The van der Waals surface area contributed by atoms with Gasteiger partial charge >= 0.3 is 11.8 Å². The topological polar surface area (TPSA) is 100 Å². The van der Waals surface area contributed by atoms with Gasteiger partial charge < -0.3 is 15.0 Å². The molecule has 1 aromatic rings. The number of benzene rings is 1. The second-order valence-corrected chi connectivity index (χ2v) is 5.50. The van der Waals surface area contributed by atoms with Gasteiger partial charge in [-0.15, -0.1) is 0 Å². The molecule has 2 rings (SSSR count). The number of carbonyl (C=O) groups is 3. The zero-order valence-corrected chi connectivity index (χ0v) is 14.2. The first-order chi connectivity index (χ1) is 12.1. The van der Waals surface area contributed by atoms with Crippen molar-refractivity contribution in [3.8, 4) is 5.75 Å². The highest BCUT2D eigenvalue weighted by Gasteiger charge is 2.18. The van der Waals surface area contributed by atoms with E-state index in [0.717, 1.165) is 31.5 Å². The summed E-state index contributed by atoms with van der Waals surface area (Å²) in [4.78, 5) is 36.3. The van der Waals surface area contributed by atoms with Gasteiger partial charge in [0.15, 0.2) is 6.61 Å². The van der Waals surface area contributed by atoms with Crippen LogP contribution in [0.15, 0.2) is 29.4 Å². The molecule has 1 heterocycles. The van der Waals surface area contributed by atoms with Gasteiger partial charge in [-0.2, -0.15) is 5.10 Å². The Hall–Kier alpha value is -2.90. The average Bonchev–Trinajstić information content (AvgIpc) is 3.15. The van der Waals surface area contributed by atoms with Gasteiger partial charge in [0, 0.05) is 19.6 Å². The second kappa shape index (κ2) is 9.41. The minimum absolute atomic E-state index is 0.00351. The summed E-state index contributed by atoms with van der Waals surface area (Å²) in [6.07, 6.45) is 3.52. The summed E-state index contributed by atoms with van der Waals surface area (Å²) >= 11 is 0. The van der Waals surface area contributed by atoms with Crippen molar-refractivity contribution in [2.24, 2.45) is 5.10 Å². The number of likely N-dealkylation sites (N-methyl/N-ethyl adjacent to an activating group) is 1. The van der Waals surface area contributed by atoms with Crippen molar-refractivity contribution >= 4 is 23.9 Å². The monoisotopic (exact) mass is 346 g/mol. The van der Waals surface area contributed by atoms with Gasteiger partial charge in [0.1, 0.15) is 5.75 Å². The number of ether oxygens (including phenoxy) is 1. The van der Waals surface area contributed by atoms with E-state index in [1.54, 1.807) is 36.1 Å². The smallest absolute Gasteiger partial charge is 0.329 e. The van der Waals surface area contributed by atoms with E-state index >= 15 is 0 Å².